The number of likely N-dealkylation sites (N-methyl/N-ethyl adjacent to an activating group) is 2. The second-order valence-electron chi connectivity index (χ2n) is 4.20. The largest absolute Gasteiger partial charge is 0.313 e. The predicted octanol–water partition coefficient (Wildman–Crippen LogP) is 0.349. The number of hydrogen-bond donors (Lipinski definition) is 1. The topological polar surface area (TPSA) is 49.4 Å². The molecular weight excluding hydrogens is 212 g/mol. The standard InChI is InChI=1S/C10H24N2O2S/c1-6-11-9(2)10(3)12(4)7-8-15(5,13)14/h9-11H,6-8H2,1-5H3. The highest BCUT2D eigenvalue weighted by Gasteiger charge is 2.16. The van der Waals surface area contributed by atoms with Gasteiger partial charge < -0.3 is 10.2 Å². The van der Waals surface area contributed by atoms with Crippen molar-refractivity contribution in [2.24, 2.45) is 0 Å². The summed E-state index contributed by atoms with van der Waals surface area (Å²) in [6.45, 7) is 7.82. The molecule has 92 valence electrons. The highest BCUT2D eigenvalue weighted by Crippen LogP contribution is 2.01. The van der Waals surface area contributed by atoms with Crippen LogP contribution in [-0.2, 0) is 9.84 Å². The van der Waals surface area contributed by atoms with Crippen molar-refractivity contribution in [2.75, 3.05) is 32.1 Å². The summed E-state index contributed by atoms with van der Waals surface area (Å²) in [6.07, 6.45) is 1.28. The van der Waals surface area contributed by atoms with Crippen molar-refractivity contribution in [3.05, 3.63) is 0 Å². The van der Waals surface area contributed by atoms with Crippen molar-refractivity contribution in [1.82, 2.24) is 10.2 Å². The molecule has 0 aromatic rings. The maximum atomic E-state index is 11.0. The first-order valence-corrected chi connectivity index (χ1v) is 7.45. The average molecular weight is 236 g/mol. The lowest BCUT2D eigenvalue weighted by Gasteiger charge is -2.30. The summed E-state index contributed by atoms with van der Waals surface area (Å²) in [5, 5.41) is 3.33. The van der Waals surface area contributed by atoms with Gasteiger partial charge in [0.1, 0.15) is 9.84 Å². The Morgan fingerprint density at radius 3 is 2.27 bits per heavy atom. The quantitative estimate of drug-likeness (QED) is 0.693. The molecular formula is C10H24N2O2S. The Bertz CT molecular complexity index is 265. The zero-order valence-electron chi connectivity index (χ0n) is 10.4. The highest BCUT2D eigenvalue weighted by molar-refractivity contribution is 7.90. The van der Waals surface area contributed by atoms with Gasteiger partial charge in [-0.3, -0.25) is 0 Å². The summed E-state index contributed by atoms with van der Waals surface area (Å²) in [5.41, 5.74) is 0. The second kappa shape index (κ2) is 6.45. The molecule has 2 atom stereocenters. The number of sulfone groups is 1. The zero-order chi connectivity index (χ0) is 12.1. The van der Waals surface area contributed by atoms with Crippen LogP contribution in [0, 0.1) is 0 Å². The Hall–Kier alpha value is -0.130. The third kappa shape index (κ3) is 6.87. The lowest BCUT2D eigenvalue weighted by molar-refractivity contribution is 0.226. The van der Waals surface area contributed by atoms with E-state index < -0.39 is 9.84 Å². The molecule has 0 fully saturated rings. The van der Waals surface area contributed by atoms with Crippen LogP contribution in [0.4, 0.5) is 0 Å². The van der Waals surface area contributed by atoms with Crippen molar-refractivity contribution in [2.45, 2.75) is 32.9 Å². The van der Waals surface area contributed by atoms with Crippen LogP contribution in [0.1, 0.15) is 20.8 Å². The molecule has 1 N–H and O–H groups in total. The lowest BCUT2D eigenvalue weighted by Crippen LogP contribution is -2.46. The van der Waals surface area contributed by atoms with Crippen molar-refractivity contribution < 1.29 is 8.42 Å². The fourth-order valence-electron chi connectivity index (χ4n) is 1.39. The number of nitrogens with one attached hydrogen (secondary N) is 1. The number of rotatable bonds is 7. The van der Waals surface area contributed by atoms with E-state index in [0.29, 0.717) is 18.6 Å². The van der Waals surface area contributed by atoms with Gasteiger partial charge in [0.2, 0.25) is 0 Å². The van der Waals surface area contributed by atoms with Gasteiger partial charge in [-0.25, -0.2) is 8.42 Å². The molecule has 0 aliphatic heterocycles. The van der Waals surface area contributed by atoms with E-state index in [1.54, 1.807) is 0 Å². The molecule has 0 aliphatic carbocycles. The maximum Gasteiger partial charge on any atom is 0.148 e. The van der Waals surface area contributed by atoms with Crippen LogP contribution >= 0.6 is 0 Å². The van der Waals surface area contributed by atoms with E-state index in [1.165, 1.54) is 6.26 Å². The van der Waals surface area contributed by atoms with Gasteiger partial charge in [0.05, 0.1) is 5.75 Å². The minimum absolute atomic E-state index is 0.229. The summed E-state index contributed by atoms with van der Waals surface area (Å²) < 4.78 is 22.0. The van der Waals surface area contributed by atoms with E-state index in [0.717, 1.165) is 6.54 Å². The van der Waals surface area contributed by atoms with Crippen LogP contribution in [0.25, 0.3) is 0 Å². The maximum absolute atomic E-state index is 11.0. The third-order valence-electron chi connectivity index (χ3n) is 2.76. The summed E-state index contributed by atoms with van der Waals surface area (Å²) in [6, 6.07) is 0.714. The van der Waals surface area contributed by atoms with E-state index in [-0.39, 0.29) is 5.75 Å². The molecule has 0 heterocycles. The molecule has 5 heteroatoms. The van der Waals surface area contributed by atoms with Gasteiger partial charge in [-0.2, -0.15) is 0 Å². The minimum Gasteiger partial charge on any atom is -0.313 e. The van der Waals surface area contributed by atoms with E-state index >= 15 is 0 Å². The molecule has 0 radical (unpaired) electrons. The molecule has 0 amide bonds. The molecule has 0 rings (SSSR count). The second-order valence-corrected chi connectivity index (χ2v) is 6.46. The first-order valence-electron chi connectivity index (χ1n) is 5.39. The average Bonchev–Trinajstić information content (AvgIpc) is 2.12. The molecule has 0 aromatic heterocycles. The fourth-order valence-corrected chi connectivity index (χ4v) is 2.01. The Balaban J connectivity index is 4.04. The Morgan fingerprint density at radius 2 is 1.87 bits per heavy atom. The van der Waals surface area contributed by atoms with Gasteiger partial charge in [-0.1, -0.05) is 6.92 Å². The van der Waals surface area contributed by atoms with Crippen LogP contribution in [0.15, 0.2) is 0 Å². The van der Waals surface area contributed by atoms with Crippen molar-refractivity contribution >= 4 is 9.84 Å². The van der Waals surface area contributed by atoms with Crippen LogP contribution < -0.4 is 5.32 Å². The van der Waals surface area contributed by atoms with Gasteiger partial charge in [0, 0.05) is 24.9 Å². The molecule has 0 aliphatic rings. The Morgan fingerprint density at radius 1 is 1.33 bits per heavy atom. The van der Waals surface area contributed by atoms with Crippen LogP contribution in [0.2, 0.25) is 0 Å². The van der Waals surface area contributed by atoms with Crippen molar-refractivity contribution in [3.63, 3.8) is 0 Å². The van der Waals surface area contributed by atoms with Crippen LogP contribution in [0.5, 0.6) is 0 Å². The number of hydrogen-bond acceptors (Lipinski definition) is 4. The molecule has 0 spiro atoms. The lowest BCUT2D eigenvalue weighted by atomic mass is 10.1. The fraction of sp³-hybridized carbons (Fsp3) is 1.00. The first-order chi connectivity index (χ1) is 6.78. The summed E-state index contributed by atoms with van der Waals surface area (Å²) in [4.78, 5) is 2.08. The van der Waals surface area contributed by atoms with Crippen LogP contribution in [0.3, 0.4) is 0 Å². The van der Waals surface area contributed by atoms with Gasteiger partial charge in [0.15, 0.2) is 0 Å². The van der Waals surface area contributed by atoms with E-state index in [9.17, 15) is 8.42 Å². The van der Waals surface area contributed by atoms with Gasteiger partial charge in [-0.15, -0.1) is 0 Å². The Kier molecular flexibility index (Phi) is 6.40. The third-order valence-corrected chi connectivity index (χ3v) is 3.68. The summed E-state index contributed by atoms with van der Waals surface area (Å²) >= 11 is 0. The smallest absolute Gasteiger partial charge is 0.148 e. The van der Waals surface area contributed by atoms with Crippen LogP contribution in [-0.4, -0.2) is 57.5 Å². The number of nitrogens with zero attached hydrogens (tertiary/aromatic N) is 1. The SMILES string of the molecule is CCNC(C)C(C)N(C)CCS(C)(=O)=O. The van der Waals surface area contributed by atoms with Gasteiger partial charge >= 0.3 is 0 Å². The van der Waals surface area contributed by atoms with Crippen molar-refractivity contribution in [3.8, 4) is 0 Å². The molecule has 0 saturated heterocycles. The zero-order valence-corrected chi connectivity index (χ0v) is 11.3. The Labute approximate surface area is 94.0 Å². The molecule has 0 aromatic carbocycles. The summed E-state index contributed by atoms with van der Waals surface area (Å²) in [7, 11) is -0.891. The molecule has 0 saturated carbocycles. The van der Waals surface area contributed by atoms with E-state index in [2.05, 4.69) is 31.0 Å². The normalized spacial score (nSPS) is 16.7. The highest BCUT2D eigenvalue weighted by atomic mass is 32.2. The van der Waals surface area contributed by atoms with Gasteiger partial charge in [-0.05, 0) is 27.4 Å². The van der Waals surface area contributed by atoms with Gasteiger partial charge in [0.25, 0.3) is 0 Å². The van der Waals surface area contributed by atoms with E-state index in [1.807, 2.05) is 7.05 Å². The summed E-state index contributed by atoms with van der Waals surface area (Å²) in [5.74, 6) is 0.229. The van der Waals surface area contributed by atoms with Crippen molar-refractivity contribution in [1.29, 1.82) is 0 Å². The molecule has 4 nitrogen and oxygen atoms in total. The monoisotopic (exact) mass is 236 g/mol. The first kappa shape index (κ1) is 14.9. The molecule has 2 unspecified atom stereocenters. The van der Waals surface area contributed by atoms with E-state index in [4.69, 9.17) is 0 Å². The molecule has 15 heavy (non-hydrogen) atoms. The predicted molar refractivity (Wildman–Crippen MR) is 64.9 cm³/mol. The minimum atomic E-state index is -2.85. The molecule has 0 bridgehead atoms.